The van der Waals surface area contributed by atoms with Crippen LogP contribution in [0.4, 0.5) is 5.69 Å². The first-order valence-electron chi connectivity index (χ1n) is 6.91. The molecule has 1 aliphatic heterocycles. The topological polar surface area (TPSA) is 41.6 Å². The number of nitrogens with zero attached hydrogens (tertiary/aromatic N) is 1. The number of hydrogen-bond acceptors (Lipinski definition) is 3. The molecule has 5 heteroatoms. The van der Waals surface area contributed by atoms with Crippen LogP contribution in [0.25, 0.3) is 0 Å². The van der Waals surface area contributed by atoms with Crippen LogP contribution in [0, 0.1) is 0 Å². The van der Waals surface area contributed by atoms with E-state index in [-0.39, 0.29) is 24.2 Å². The highest BCUT2D eigenvalue weighted by Crippen LogP contribution is 2.17. The molecule has 0 spiro atoms. The molecule has 1 aromatic carbocycles. The highest BCUT2D eigenvalue weighted by atomic mass is 35.5. The van der Waals surface area contributed by atoms with Gasteiger partial charge in [-0.25, -0.2) is 0 Å². The van der Waals surface area contributed by atoms with Crippen molar-refractivity contribution in [2.45, 2.75) is 39.0 Å². The molecule has 0 saturated carbocycles. The fourth-order valence-corrected chi connectivity index (χ4v) is 2.70. The van der Waals surface area contributed by atoms with Gasteiger partial charge in [0.05, 0.1) is 18.2 Å². The van der Waals surface area contributed by atoms with Crippen LogP contribution in [0.1, 0.15) is 20.8 Å². The second-order valence-corrected chi connectivity index (χ2v) is 5.82. The Bertz CT molecular complexity index is 471. The first-order valence-corrected chi connectivity index (χ1v) is 7.29. The summed E-state index contributed by atoms with van der Waals surface area (Å²) in [6.45, 7) is 7.53. The molecule has 0 bridgehead atoms. The van der Waals surface area contributed by atoms with Crippen molar-refractivity contribution in [1.82, 2.24) is 4.90 Å². The van der Waals surface area contributed by atoms with Crippen molar-refractivity contribution in [2.24, 2.45) is 0 Å². The molecule has 1 N–H and O–H groups in total. The number of benzene rings is 1. The van der Waals surface area contributed by atoms with E-state index < -0.39 is 0 Å². The average molecular weight is 297 g/mol. The van der Waals surface area contributed by atoms with Gasteiger partial charge in [-0.3, -0.25) is 9.69 Å². The summed E-state index contributed by atoms with van der Waals surface area (Å²) in [5.41, 5.74) is 0.726. The summed E-state index contributed by atoms with van der Waals surface area (Å²) < 4.78 is 5.69. The van der Waals surface area contributed by atoms with Gasteiger partial charge in [-0.2, -0.15) is 0 Å². The van der Waals surface area contributed by atoms with Crippen molar-refractivity contribution in [1.29, 1.82) is 0 Å². The van der Waals surface area contributed by atoms with Crippen LogP contribution in [-0.4, -0.2) is 42.1 Å². The molecular formula is C15H21ClN2O2. The maximum absolute atomic E-state index is 12.3. The Kier molecular flexibility index (Phi) is 5.02. The van der Waals surface area contributed by atoms with Gasteiger partial charge in [0, 0.05) is 23.8 Å². The van der Waals surface area contributed by atoms with Gasteiger partial charge in [-0.1, -0.05) is 17.7 Å². The first-order chi connectivity index (χ1) is 9.45. The molecular weight excluding hydrogens is 276 g/mol. The Balaban J connectivity index is 1.98. The second kappa shape index (κ2) is 6.57. The van der Waals surface area contributed by atoms with Crippen LogP contribution in [-0.2, 0) is 9.53 Å². The molecule has 3 atom stereocenters. The second-order valence-electron chi connectivity index (χ2n) is 5.39. The summed E-state index contributed by atoms with van der Waals surface area (Å²) in [5, 5.41) is 3.52. The molecule has 1 aliphatic rings. The number of morpholine rings is 1. The third kappa shape index (κ3) is 3.95. The minimum absolute atomic E-state index is 0.0198. The summed E-state index contributed by atoms with van der Waals surface area (Å²) in [7, 11) is 0. The first kappa shape index (κ1) is 15.3. The summed E-state index contributed by atoms with van der Waals surface area (Å²) in [6.07, 6.45) is 0.306. The van der Waals surface area contributed by atoms with Crippen molar-refractivity contribution < 1.29 is 9.53 Å². The number of carbonyl (C=O) groups is 1. The molecule has 1 heterocycles. The Labute approximate surface area is 125 Å². The number of carbonyl (C=O) groups excluding carboxylic acids is 1. The van der Waals surface area contributed by atoms with Crippen molar-refractivity contribution in [3.8, 4) is 0 Å². The van der Waals surface area contributed by atoms with Gasteiger partial charge in [0.1, 0.15) is 0 Å². The van der Waals surface area contributed by atoms with Crippen LogP contribution in [0.3, 0.4) is 0 Å². The van der Waals surface area contributed by atoms with Crippen LogP contribution in [0.5, 0.6) is 0 Å². The number of halogens is 1. The fraction of sp³-hybridized carbons (Fsp3) is 0.533. The highest BCUT2D eigenvalue weighted by Gasteiger charge is 2.29. The maximum atomic E-state index is 12.3. The lowest BCUT2D eigenvalue weighted by Crippen LogP contribution is -2.52. The van der Waals surface area contributed by atoms with E-state index in [1.165, 1.54) is 0 Å². The lowest BCUT2D eigenvalue weighted by atomic mass is 10.1. The SMILES string of the molecule is C[C@@H]1CN([C@H](C)C(=O)Nc2cccc(Cl)c2)C[C@H](C)O1. The lowest BCUT2D eigenvalue weighted by Gasteiger charge is -2.38. The van der Waals surface area contributed by atoms with E-state index in [2.05, 4.69) is 10.2 Å². The molecule has 1 saturated heterocycles. The lowest BCUT2D eigenvalue weighted by molar-refractivity contribution is -0.126. The predicted molar refractivity (Wildman–Crippen MR) is 81.1 cm³/mol. The number of hydrogen-bond donors (Lipinski definition) is 1. The van der Waals surface area contributed by atoms with E-state index in [1.54, 1.807) is 12.1 Å². The Morgan fingerprint density at radius 3 is 2.65 bits per heavy atom. The third-order valence-electron chi connectivity index (χ3n) is 3.47. The number of nitrogens with one attached hydrogen (secondary N) is 1. The number of anilines is 1. The summed E-state index contributed by atoms with van der Waals surface area (Å²) in [4.78, 5) is 14.5. The summed E-state index contributed by atoms with van der Waals surface area (Å²) >= 11 is 5.92. The fourth-order valence-electron chi connectivity index (χ4n) is 2.51. The van der Waals surface area contributed by atoms with Crippen molar-refractivity contribution in [2.75, 3.05) is 18.4 Å². The minimum atomic E-state index is -0.192. The number of amides is 1. The van der Waals surface area contributed by atoms with Gasteiger partial charge >= 0.3 is 0 Å². The standard InChI is InChI=1S/C15H21ClN2O2/c1-10-8-18(9-11(2)20-10)12(3)15(19)17-14-6-4-5-13(16)7-14/h4-7,10-12H,8-9H2,1-3H3,(H,17,19)/t10-,11+,12-/m1/s1. The van der Waals surface area contributed by atoms with E-state index >= 15 is 0 Å². The molecule has 0 aromatic heterocycles. The van der Waals surface area contributed by atoms with Crippen LogP contribution in [0.15, 0.2) is 24.3 Å². The zero-order valence-electron chi connectivity index (χ0n) is 12.1. The van der Waals surface area contributed by atoms with Gasteiger partial charge in [-0.15, -0.1) is 0 Å². The van der Waals surface area contributed by atoms with Crippen molar-refractivity contribution >= 4 is 23.2 Å². The predicted octanol–water partition coefficient (Wildman–Crippen LogP) is 2.78. The van der Waals surface area contributed by atoms with Crippen LogP contribution >= 0.6 is 11.6 Å². The summed E-state index contributed by atoms with van der Waals surface area (Å²) in [6, 6.07) is 6.99. The molecule has 110 valence electrons. The molecule has 0 unspecified atom stereocenters. The molecule has 0 radical (unpaired) electrons. The zero-order chi connectivity index (χ0) is 14.7. The largest absolute Gasteiger partial charge is 0.373 e. The Morgan fingerprint density at radius 2 is 2.05 bits per heavy atom. The molecule has 4 nitrogen and oxygen atoms in total. The smallest absolute Gasteiger partial charge is 0.241 e. The minimum Gasteiger partial charge on any atom is -0.373 e. The Morgan fingerprint density at radius 1 is 1.40 bits per heavy atom. The molecule has 0 aliphatic carbocycles. The van der Waals surface area contributed by atoms with Crippen LogP contribution in [0.2, 0.25) is 5.02 Å². The van der Waals surface area contributed by atoms with Crippen molar-refractivity contribution in [3.63, 3.8) is 0 Å². The average Bonchev–Trinajstić information content (AvgIpc) is 2.36. The highest BCUT2D eigenvalue weighted by molar-refractivity contribution is 6.30. The summed E-state index contributed by atoms with van der Waals surface area (Å²) in [5.74, 6) is -0.0198. The van der Waals surface area contributed by atoms with E-state index in [9.17, 15) is 4.79 Å². The molecule has 2 rings (SSSR count). The van der Waals surface area contributed by atoms with E-state index in [4.69, 9.17) is 16.3 Å². The number of ether oxygens (including phenoxy) is 1. The monoisotopic (exact) mass is 296 g/mol. The van der Waals surface area contributed by atoms with Gasteiger partial charge in [0.25, 0.3) is 0 Å². The maximum Gasteiger partial charge on any atom is 0.241 e. The van der Waals surface area contributed by atoms with Gasteiger partial charge in [-0.05, 0) is 39.0 Å². The third-order valence-corrected chi connectivity index (χ3v) is 3.70. The van der Waals surface area contributed by atoms with Gasteiger partial charge in [0.15, 0.2) is 0 Å². The molecule has 1 fully saturated rings. The van der Waals surface area contributed by atoms with E-state index in [1.807, 2.05) is 32.9 Å². The molecule has 1 amide bonds. The Hall–Kier alpha value is -1.10. The van der Waals surface area contributed by atoms with Crippen molar-refractivity contribution in [3.05, 3.63) is 29.3 Å². The normalized spacial score (nSPS) is 25.2. The van der Waals surface area contributed by atoms with E-state index in [0.29, 0.717) is 5.02 Å². The quantitative estimate of drug-likeness (QED) is 0.932. The van der Waals surface area contributed by atoms with Crippen LogP contribution < -0.4 is 5.32 Å². The zero-order valence-corrected chi connectivity index (χ0v) is 12.9. The molecule has 1 aromatic rings. The van der Waals surface area contributed by atoms with Gasteiger partial charge < -0.3 is 10.1 Å². The van der Waals surface area contributed by atoms with E-state index in [0.717, 1.165) is 18.8 Å². The van der Waals surface area contributed by atoms with Gasteiger partial charge in [0.2, 0.25) is 5.91 Å². The molecule has 20 heavy (non-hydrogen) atoms. The number of rotatable bonds is 3.